The lowest BCUT2D eigenvalue weighted by molar-refractivity contribution is -0.132. The summed E-state index contributed by atoms with van der Waals surface area (Å²) in [4.78, 5) is 36.1. The highest BCUT2D eigenvalue weighted by molar-refractivity contribution is 7.09. The van der Waals surface area contributed by atoms with E-state index in [1.54, 1.807) is 20.8 Å². The quantitative estimate of drug-likeness (QED) is 0.660. The molecule has 0 unspecified atom stereocenters. The first-order chi connectivity index (χ1) is 15.1. The number of thiophene rings is 1. The number of aromatic nitrogens is 3. The number of fused-ring (bicyclic) bond motifs is 2. The fourth-order valence-electron chi connectivity index (χ4n) is 4.89. The highest BCUT2D eigenvalue weighted by Crippen LogP contribution is 2.32. The third kappa shape index (κ3) is 3.94. The first kappa shape index (κ1) is 20.5. The first-order valence-corrected chi connectivity index (χ1v) is 12.2. The van der Waals surface area contributed by atoms with Crippen LogP contribution in [0.1, 0.15) is 66.9 Å². The Bertz CT molecular complexity index is 1130. The van der Waals surface area contributed by atoms with Crippen molar-refractivity contribution in [3.8, 4) is 0 Å². The van der Waals surface area contributed by atoms with E-state index in [4.69, 9.17) is 4.98 Å². The molecular formula is C23H29N5O2S. The molecule has 1 saturated heterocycles. The van der Waals surface area contributed by atoms with Gasteiger partial charge in [-0.25, -0.2) is 9.50 Å². The lowest BCUT2D eigenvalue weighted by atomic mass is 9.99. The van der Waals surface area contributed by atoms with Crippen LogP contribution in [0.5, 0.6) is 0 Å². The smallest absolute Gasteiger partial charge is 0.277 e. The number of aromatic amines is 1. The van der Waals surface area contributed by atoms with E-state index in [0.717, 1.165) is 37.3 Å². The summed E-state index contributed by atoms with van der Waals surface area (Å²) in [6.45, 7) is 5.01. The number of hydrogen-bond acceptors (Lipinski definition) is 5. The second kappa shape index (κ2) is 8.59. The Morgan fingerprint density at radius 1 is 1.32 bits per heavy atom. The molecule has 5 heterocycles. The van der Waals surface area contributed by atoms with E-state index in [1.165, 1.54) is 17.7 Å². The second-order valence-corrected chi connectivity index (χ2v) is 9.66. The standard InChI is InChI=1S/C23H29N5O2S/c1-2-6-22(29)27-11-9-18-17(15-27)23(30)28-21(24-18)13-19(25-28)20-8-3-4-10-26(20)14-16-7-5-12-31-16/h5,7,12-13,20,25H,2-4,6,8-11,14-15H2,1H3/t20-/m0/s1. The van der Waals surface area contributed by atoms with Crippen molar-refractivity contribution in [2.24, 2.45) is 0 Å². The Balaban J connectivity index is 1.46. The van der Waals surface area contributed by atoms with Gasteiger partial charge in [-0.05, 0) is 37.3 Å². The van der Waals surface area contributed by atoms with Crippen LogP contribution in [-0.2, 0) is 24.3 Å². The molecule has 0 bridgehead atoms. The van der Waals surface area contributed by atoms with E-state index in [-0.39, 0.29) is 17.5 Å². The Hall–Kier alpha value is -2.45. The number of piperidine rings is 1. The van der Waals surface area contributed by atoms with Crippen LogP contribution in [0.25, 0.3) is 5.65 Å². The highest BCUT2D eigenvalue weighted by Gasteiger charge is 2.28. The maximum atomic E-state index is 13.3. The van der Waals surface area contributed by atoms with Gasteiger partial charge in [-0.3, -0.25) is 19.6 Å². The van der Waals surface area contributed by atoms with Gasteiger partial charge in [0.2, 0.25) is 5.91 Å². The molecule has 1 fully saturated rings. The molecule has 0 spiro atoms. The molecule has 5 rings (SSSR count). The maximum Gasteiger partial charge on any atom is 0.277 e. The summed E-state index contributed by atoms with van der Waals surface area (Å²) < 4.78 is 1.58. The Morgan fingerprint density at radius 2 is 2.23 bits per heavy atom. The normalized spacial score (nSPS) is 19.6. The summed E-state index contributed by atoms with van der Waals surface area (Å²) in [6.07, 6.45) is 5.46. The minimum absolute atomic E-state index is 0.0686. The van der Waals surface area contributed by atoms with Crippen LogP contribution in [0.4, 0.5) is 0 Å². The summed E-state index contributed by atoms with van der Waals surface area (Å²) in [6, 6.07) is 6.60. The van der Waals surface area contributed by atoms with Crippen LogP contribution >= 0.6 is 11.3 Å². The van der Waals surface area contributed by atoms with Crippen LogP contribution in [0.15, 0.2) is 28.4 Å². The number of nitrogens with zero attached hydrogens (tertiary/aromatic N) is 4. The van der Waals surface area contributed by atoms with Gasteiger partial charge >= 0.3 is 0 Å². The summed E-state index contributed by atoms with van der Waals surface area (Å²) in [5.74, 6) is 0.122. The molecule has 0 saturated carbocycles. The van der Waals surface area contributed by atoms with Gasteiger partial charge in [0.15, 0.2) is 5.65 Å². The maximum absolute atomic E-state index is 13.3. The second-order valence-electron chi connectivity index (χ2n) is 8.62. The Kier molecular flexibility index (Phi) is 5.67. The molecule has 3 aromatic heterocycles. The Morgan fingerprint density at radius 3 is 3.03 bits per heavy atom. The average Bonchev–Trinajstić information content (AvgIpc) is 3.44. The molecule has 1 atom stereocenters. The number of amides is 1. The summed E-state index contributed by atoms with van der Waals surface area (Å²) in [5, 5.41) is 5.49. The third-order valence-corrected chi connectivity index (χ3v) is 7.37. The van der Waals surface area contributed by atoms with Crippen molar-refractivity contribution in [2.45, 2.75) is 64.6 Å². The van der Waals surface area contributed by atoms with E-state index < -0.39 is 0 Å². The molecule has 1 amide bonds. The van der Waals surface area contributed by atoms with Crippen molar-refractivity contribution in [1.29, 1.82) is 0 Å². The lowest BCUT2D eigenvalue weighted by Gasteiger charge is -2.34. The molecular weight excluding hydrogens is 410 g/mol. The molecule has 3 aromatic rings. The van der Waals surface area contributed by atoms with Crippen molar-refractivity contribution >= 4 is 22.9 Å². The predicted octanol–water partition coefficient (Wildman–Crippen LogP) is 3.50. The fourth-order valence-corrected chi connectivity index (χ4v) is 5.62. The Labute approximate surface area is 185 Å². The molecule has 2 aliphatic heterocycles. The molecule has 0 aliphatic carbocycles. The molecule has 2 aliphatic rings. The predicted molar refractivity (Wildman–Crippen MR) is 121 cm³/mol. The minimum atomic E-state index is -0.0686. The van der Waals surface area contributed by atoms with Gasteiger partial charge in [0.25, 0.3) is 5.56 Å². The first-order valence-electron chi connectivity index (χ1n) is 11.3. The average molecular weight is 440 g/mol. The number of hydrogen-bond donors (Lipinski definition) is 1. The van der Waals surface area contributed by atoms with Crippen LogP contribution in [0, 0.1) is 0 Å². The van der Waals surface area contributed by atoms with Crippen LogP contribution in [0.2, 0.25) is 0 Å². The number of likely N-dealkylation sites (tertiary alicyclic amines) is 1. The van der Waals surface area contributed by atoms with E-state index in [1.807, 2.05) is 13.0 Å². The summed E-state index contributed by atoms with van der Waals surface area (Å²) >= 11 is 1.79. The van der Waals surface area contributed by atoms with Gasteiger partial charge in [-0.2, -0.15) is 0 Å². The van der Waals surface area contributed by atoms with Gasteiger partial charge in [0.1, 0.15) is 0 Å². The minimum Gasteiger partial charge on any atom is -0.338 e. The molecule has 0 radical (unpaired) electrons. The number of rotatable bonds is 5. The zero-order chi connectivity index (χ0) is 21.4. The van der Waals surface area contributed by atoms with E-state index >= 15 is 0 Å². The van der Waals surface area contributed by atoms with Crippen LogP contribution in [0.3, 0.4) is 0 Å². The molecule has 0 aromatic carbocycles. The molecule has 7 nitrogen and oxygen atoms in total. The van der Waals surface area contributed by atoms with Gasteiger partial charge in [0, 0.05) is 36.9 Å². The molecule has 164 valence electrons. The zero-order valence-corrected chi connectivity index (χ0v) is 18.8. The van der Waals surface area contributed by atoms with Crippen LogP contribution in [-0.4, -0.2) is 43.4 Å². The monoisotopic (exact) mass is 439 g/mol. The van der Waals surface area contributed by atoms with Gasteiger partial charge in [-0.15, -0.1) is 11.3 Å². The van der Waals surface area contributed by atoms with Crippen molar-refractivity contribution in [1.82, 2.24) is 24.4 Å². The third-order valence-electron chi connectivity index (χ3n) is 6.51. The SMILES string of the molecule is CCCC(=O)N1CCc2nc3cc([C@@H]4CCCCN4Cc4cccs4)[nH]n3c(=O)c2C1. The van der Waals surface area contributed by atoms with Crippen molar-refractivity contribution in [3.05, 3.63) is 55.8 Å². The van der Waals surface area contributed by atoms with E-state index in [9.17, 15) is 9.59 Å². The fraction of sp³-hybridized carbons (Fsp3) is 0.522. The molecule has 8 heteroatoms. The van der Waals surface area contributed by atoms with Crippen molar-refractivity contribution in [2.75, 3.05) is 13.1 Å². The zero-order valence-electron chi connectivity index (χ0n) is 18.0. The topological polar surface area (TPSA) is 73.7 Å². The van der Waals surface area contributed by atoms with Crippen LogP contribution < -0.4 is 5.56 Å². The summed E-state index contributed by atoms with van der Waals surface area (Å²) in [7, 11) is 0. The van der Waals surface area contributed by atoms with E-state index in [2.05, 4.69) is 27.5 Å². The molecule has 1 N–H and O–H groups in total. The van der Waals surface area contributed by atoms with Gasteiger partial charge < -0.3 is 4.90 Å². The van der Waals surface area contributed by atoms with Crippen molar-refractivity contribution < 1.29 is 4.79 Å². The lowest BCUT2D eigenvalue weighted by Crippen LogP contribution is -2.40. The largest absolute Gasteiger partial charge is 0.338 e. The number of nitrogens with one attached hydrogen (secondary N) is 1. The number of carbonyl (C=O) groups is 1. The van der Waals surface area contributed by atoms with E-state index in [0.29, 0.717) is 37.1 Å². The number of H-pyrrole nitrogens is 1. The van der Waals surface area contributed by atoms with Crippen molar-refractivity contribution in [3.63, 3.8) is 0 Å². The van der Waals surface area contributed by atoms with Gasteiger partial charge in [-0.1, -0.05) is 19.4 Å². The number of carbonyl (C=O) groups excluding carboxylic acids is 1. The van der Waals surface area contributed by atoms with Gasteiger partial charge in [0.05, 0.1) is 29.5 Å². The highest BCUT2D eigenvalue weighted by atomic mass is 32.1. The molecule has 31 heavy (non-hydrogen) atoms. The summed E-state index contributed by atoms with van der Waals surface area (Å²) in [5.41, 5.74) is 3.17.